The highest BCUT2D eigenvalue weighted by Gasteiger charge is 2.17. The number of carboxylic acid groups (broad SMARTS) is 1. The summed E-state index contributed by atoms with van der Waals surface area (Å²) in [7, 11) is 0. The van der Waals surface area contributed by atoms with E-state index >= 15 is 0 Å². The van der Waals surface area contributed by atoms with Gasteiger partial charge in [-0.25, -0.2) is 9.59 Å². The topological polar surface area (TPSA) is 91.3 Å². The first kappa shape index (κ1) is 14.8. The van der Waals surface area contributed by atoms with Crippen LogP contribution in [0.1, 0.15) is 19.0 Å². The number of nitrogens with zero attached hydrogens (tertiary/aromatic N) is 1. The zero-order valence-electron chi connectivity index (χ0n) is 11.9. The van der Waals surface area contributed by atoms with Gasteiger partial charge in [0.05, 0.1) is 11.2 Å². The molecular formula is C15H17N3O3. The Bertz CT molecular complexity index is 685. The number of aromatic nitrogens is 1. The lowest BCUT2D eigenvalue weighted by molar-refractivity contribution is -0.139. The molecule has 1 aromatic carbocycles. The monoisotopic (exact) mass is 287 g/mol. The van der Waals surface area contributed by atoms with Crippen LogP contribution in [0, 0.1) is 6.92 Å². The number of pyridine rings is 1. The van der Waals surface area contributed by atoms with Crippen molar-refractivity contribution in [2.75, 3.05) is 5.32 Å². The SMILES string of the molecule is CC[C@H](NC(=O)Nc1cccc2ccc(C)nc12)C(=O)O. The first-order valence-electron chi connectivity index (χ1n) is 6.68. The third-order valence-electron chi connectivity index (χ3n) is 3.12. The van der Waals surface area contributed by atoms with Crippen molar-refractivity contribution in [3.05, 3.63) is 36.0 Å². The van der Waals surface area contributed by atoms with E-state index in [4.69, 9.17) is 5.11 Å². The number of urea groups is 1. The number of carbonyl (C=O) groups excluding carboxylic acids is 1. The molecule has 0 aliphatic heterocycles. The quantitative estimate of drug-likeness (QED) is 0.805. The molecule has 110 valence electrons. The molecule has 1 aromatic heterocycles. The summed E-state index contributed by atoms with van der Waals surface area (Å²) in [5, 5.41) is 14.9. The first-order chi connectivity index (χ1) is 10.0. The summed E-state index contributed by atoms with van der Waals surface area (Å²) in [6.07, 6.45) is 0.315. The van der Waals surface area contributed by atoms with E-state index in [0.29, 0.717) is 17.6 Å². The number of amides is 2. The maximum absolute atomic E-state index is 11.9. The molecule has 1 heterocycles. The van der Waals surface area contributed by atoms with Crippen LogP contribution in [0.4, 0.5) is 10.5 Å². The zero-order chi connectivity index (χ0) is 15.4. The number of anilines is 1. The molecule has 1 atom stereocenters. The fourth-order valence-corrected chi connectivity index (χ4v) is 2.00. The number of benzene rings is 1. The van der Waals surface area contributed by atoms with Crippen LogP contribution in [0.15, 0.2) is 30.3 Å². The Hall–Kier alpha value is -2.63. The minimum atomic E-state index is -1.06. The molecule has 6 heteroatoms. The van der Waals surface area contributed by atoms with Gasteiger partial charge in [-0.15, -0.1) is 0 Å². The molecular weight excluding hydrogens is 270 g/mol. The predicted octanol–water partition coefficient (Wildman–Crippen LogP) is 2.53. The number of hydrogen-bond acceptors (Lipinski definition) is 3. The van der Waals surface area contributed by atoms with E-state index < -0.39 is 18.0 Å². The Morgan fingerprint density at radius 1 is 1.29 bits per heavy atom. The Morgan fingerprint density at radius 3 is 2.71 bits per heavy atom. The molecule has 0 saturated heterocycles. The van der Waals surface area contributed by atoms with Gasteiger partial charge in [-0.3, -0.25) is 4.98 Å². The molecule has 2 amide bonds. The molecule has 0 saturated carbocycles. The fraction of sp³-hybridized carbons (Fsp3) is 0.267. The van der Waals surface area contributed by atoms with Gasteiger partial charge in [0.25, 0.3) is 0 Å². The summed E-state index contributed by atoms with van der Waals surface area (Å²) in [5.41, 5.74) is 2.07. The number of hydrogen-bond donors (Lipinski definition) is 3. The molecule has 21 heavy (non-hydrogen) atoms. The van der Waals surface area contributed by atoms with Gasteiger partial charge in [0, 0.05) is 11.1 Å². The van der Waals surface area contributed by atoms with E-state index in [-0.39, 0.29) is 0 Å². The Labute approximate surface area is 122 Å². The Balaban J connectivity index is 2.21. The van der Waals surface area contributed by atoms with Crippen molar-refractivity contribution < 1.29 is 14.7 Å². The largest absolute Gasteiger partial charge is 0.480 e. The number of rotatable bonds is 4. The number of aliphatic carboxylic acids is 1. The summed E-state index contributed by atoms with van der Waals surface area (Å²) < 4.78 is 0. The highest BCUT2D eigenvalue weighted by atomic mass is 16.4. The standard InChI is InChI=1S/C15H17N3O3/c1-3-11(14(19)20)17-15(21)18-12-6-4-5-10-8-7-9(2)16-13(10)12/h4-8,11H,3H2,1-2H3,(H,19,20)(H2,17,18,21)/t11-/m0/s1. The molecule has 0 aliphatic rings. The number of aryl methyl sites for hydroxylation is 1. The minimum absolute atomic E-state index is 0.315. The van der Waals surface area contributed by atoms with Gasteiger partial charge < -0.3 is 15.7 Å². The van der Waals surface area contributed by atoms with Gasteiger partial charge in [-0.05, 0) is 25.5 Å². The van der Waals surface area contributed by atoms with E-state index in [0.717, 1.165) is 11.1 Å². The molecule has 2 rings (SSSR count). The number of para-hydroxylation sites is 1. The molecule has 3 N–H and O–H groups in total. The number of nitrogens with one attached hydrogen (secondary N) is 2. The number of fused-ring (bicyclic) bond motifs is 1. The van der Waals surface area contributed by atoms with Gasteiger partial charge >= 0.3 is 12.0 Å². The normalized spacial score (nSPS) is 11.9. The molecule has 0 bridgehead atoms. The van der Waals surface area contributed by atoms with Crippen molar-refractivity contribution in [1.82, 2.24) is 10.3 Å². The van der Waals surface area contributed by atoms with Crippen LogP contribution in [0.25, 0.3) is 10.9 Å². The van der Waals surface area contributed by atoms with Crippen LogP contribution >= 0.6 is 0 Å². The minimum Gasteiger partial charge on any atom is -0.480 e. The van der Waals surface area contributed by atoms with Crippen molar-refractivity contribution in [2.45, 2.75) is 26.3 Å². The zero-order valence-corrected chi connectivity index (χ0v) is 11.9. The lowest BCUT2D eigenvalue weighted by Gasteiger charge is -2.14. The summed E-state index contributed by atoms with van der Waals surface area (Å²) in [5.74, 6) is -1.06. The second-order valence-corrected chi connectivity index (χ2v) is 4.73. The average molecular weight is 287 g/mol. The Morgan fingerprint density at radius 2 is 2.05 bits per heavy atom. The van der Waals surface area contributed by atoms with Crippen LogP contribution in [0.5, 0.6) is 0 Å². The van der Waals surface area contributed by atoms with E-state index in [1.54, 1.807) is 13.0 Å². The van der Waals surface area contributed by atoms with Gasteiger partial charge in [0.2, 0.25) is 0 Å². The third-order valence-corrected chi connectivity index (χ3v) is 3.12. The van der Waals surface area contributed by atoms with E-state index in [1.807, 2.05) is 31.2 Å². The average Bonchev–Trinajstić information content (AvgIpc) is 2.45. The van der Waals surface area contributed by atoms with Crippen molar-refractivity contribution in [2.24, 2.45) is 0 Å². The summed E-state index contributed by atoms with van der Waals surface area (Å²) in [6, 6.07) is 7.79. The van der Waals surface area contributed by atoms with Crippen molar-refractivity contribution in [3.63, 3.8) is 0 Å². The molecule has 0 radical (unpaired) electrons. The molecule has 0 spiro atoms. The fourth-order valence-electron chi connectivity index (χ4n) is 2.00. The molecule has 6 nitrogen and oxygen atoms in total. The van der Waals surface area contributed by atoms with Crippen LogP contribution in [-0.2, 0) is 4.79 Å². The number of carboxylic acids is 1. The highest BCUT2D eigenvalue weighted by molar-refractivity contribution is 6.00. The van der Waals surface area contributed by atoms with E-state index in [2.05, 4.69) is 15.6 Å². The van der Waals surface area contributed by atoms with Crippen LogP contribution in [0.3, 0.4) is 0 Å². The van der Waals surface area contributed by atoms with E-state index in [9.17, 15) is 9.59 Å². The molecule has 0 aliphatic carbocycles. The maximum atomic E-state index is 11.9. The number of carbonyl (C=O) groups is 2. The molecule has 0 unspecified atom stereocenters. The third kappa shape index (κ3) is 3.47. The second-order valence-electron chi connectivity index (χ2n) is 4.73. The smallest absolute Gasteiger partial charge is 0.326 e. The van der Waals surface area contributed by atoms with Gasteiger partial charge in [-0.1, -0.05) is 25.1 Å². The van der Waals surface area contributed by atoms with Crippen molar-refractivity contribution in [1.29, 1.82) is 0 Å². The molecule has 0 fully saturated rings. The van der Waals surface area contributed by atoms with Crippen molar-refractivity contribution in [3.8, 4) is 0 Å². The second kappa shape index (κ2) is 6.21. The lowest BCUT2D eigenvalue weighted by atomic mass is 10.2. The lowest BCUT2D eigenvalue weighted by Crippen LogP contribution is -2.42. The summed E-state index contributed by atoms with van der Waals surface area (Å²) in [6.45, 7) is 3.57. The molecule has 2 aromatic rings. The van der Waals surface area contributed by atoms with Gasteiger partial charge in [0.1, 0.15) is 6.04 Å². The highest BCUT2D eigenvalue weighted by Crippen LogP contribution is 2.21. The Kier molecular flexibility index (Phi) is 4.37. The summed E-state index contributed by atoms with van der Waals surface area (Å²) in [4.78, 5) is 27.2. The predicted molar refractivity (Wildman–Crippen MR) is 80.3 cm³/mol. The van der Waals surface area contributed by atoms with E-state index in [1.165, 1.54) is 0 Å². The summed E-state index contributed by atoms with van der Waals surface area (Å²) >= 11 is 0. The van der Waals surface area contributed by atoms with Crippen LogP contribution in [0.2, 0.25) is 0 Å². The first-order valence-corrected chi connectivity index (χ1v) is 6.68. The van der Waals surface area contributed by atoms with Crippen LogP contribution in [-0.4, -0.2) is 28.1 Å². The van der Waals surface area contributed by atoms with Crippen LogP contribution < -0.4 is 10.6 Å². The van der Waals surface area contributed by atoms with Crippen molar-refractivity contribution >= 4 is 28.6 Å². The maximum Gasteiger partial charge on any atom is 0.326 e. The van der Waals surface area contributed by atoms with Gasteiger partial charge in [0.15, 0.2) is 0 Å². The van der Waals surface area contributed by atoms with Gasteiger partial charge in [-0.2, -0.15) is 0 Å².